The largest absolute Gasteiger partial charge is 0.493 e. The number of rotatable bonds is 6. The molecule has 3 aromatic rings. The minimum absolute atomic E-state index is 0.193. The number of hydrogen-bond donors (Lipinski definition) is 0. The van der Waals surface area contributed by atoms with Crippen LogP contribution in [0.1, 0.15) is 31.0 Å². The van der Waals surface area contributed by atoms with Crippen LogP contribution in [0.15, 0.2) is 63.5 Å². The molecule has 1 unspecified atom stereocenters. The summed E-state index contributed by atoms with van der Waals surface area (Å²) in [5.41, 5.74) is 1.90. The van der Waals surface area contributed by atoms with E-state index in [1.165, 1.54) is 30.1 Å². The predicted octanol–water partition coefficient (Wildman–Crippen LogP) is 3.47. The van der Waals surface area contributed by atoms with Gasteiger partial charge in [-0.05, 0) is 43.7 Å². The normalized spacial score (nSPS) is 15.6. The summed E-state index contributed by atoms with van der Waals surface area (Å²) >= 11 is 7.24. The van der Waals surface area contributed by atoms with Crippen LogP contribution in [-0.4, -0.2) is 31.4 Å². The lowest BCUT2D eigenvalue weighted by atomic mass is 9.94. The molecule has 2 aromatic carbocycles. The van der Waals surface area contributed by atoms with Gasteiger partial charge in [0.25, 0.3) is 5.56 Å². The van der Waals surface area contributed by atoms with Crippen molar-refractivity contribution in [3.8, 4) is 11.5 Å². The van der Waals surface area contributed by atoms with Crippen molar-refractivity contribution in [1.82, 2.24) is 4.57 Å². The highest BCUT2D eigenvalue weighted by Gasteiger charge is 2.35. The Labute approximate surface area is 205 Å². The highest BCUT2D eigenvalue weighted by molar-refractivity contribution is 7.07. The van der Waals surface area contributed by atoms with Crippen LogP contribution in [0.5, 0.6) is 11.5 Å². The van der Waals surface area contributed by atoms with Crippen LogP contribution in [0.25, 0.3) is 6.08 Å². The Hall–Kier alpha value is -3.36. The molecule has 0 bridgehead atoms. The number of ether oxygens (including phenoxy) is 3. The van der Waals surface area contributed by atoms with Gasteiger partial charge in [-0.25, -0.2) is 9.79 Å². The zero-order valence-corrected chi connectivity index (χ0v) is 20.7. The summed E-state index contributed by atoms with van der Waals surface area (Å²) in [7, 11) is 3.05. The van der Waals surface area contributed by atoms with Crippen molar-refractivity contribution in [2.75, 3.05) is 20.8 Å². The topological polar surface area (TPSA) is 79.1 Å². The van der Waals surface area contributed by atoms with Crippen LogP contribution in [0.2, 0.25) is 5.02 Å². The van der Waals surface area contributed by atoms with E-state index in [2.05, 4.69) is 4.99 Å². The van der Waals surface area contributed by atoms with Gasteiger partial charge in [0.05, 0.1) is 36.6 Å². The average Bonchev–Trinajstić information content (AvgIpc) is 3.13. The number of benzene rings is 2. The van der Waals surface area contributed by atoms with Gasteiger partial charge >= 0.3 is 5.97 Å². The highest BCUT2D eigenvalue weighted by atomic mass is 35.5. The molecule has 1 aliphatic heterocycles. The molecule has 0 fully saturated rings. The second-order valence-corrected chi connectivity index (χ2v) is 8.88. The molecule has 176 valence electrons. The van der Waals surface area contributed by atoms with Crippen LogP contribution in [0, 0.1) is 0 Å². The Kier molecular flexibility index (Phi) is 6.90. The maximum atomic E-state index is 13.7. The van der Waals surface area contributed by atoms with Crippen LogP contribution in [0.3, 0.4) is 0 Å². The molecule has 0 saturated heterocycles. The number of carbonyl (C=O) groups excluding carboxylic acids is 1. The van der Waals surface area contributed by atoms with Crippen molar-refractivity contribution in [3.05, 3.63) is 89.6 Å². The minimum Gasteiger partial charge on any atom is -0.493 e. The van der Waals surface area contributed by atoms with Crippen molar-refractivity contribution in [1.29, 1.82) is 0 Å². The van der Waals surface area contributed by atoms with Crippen LogP contribution in [-0.2, 0) is 9.53 Å². The molecular weight excluding hydrogens is 476 g/mol. The van der Waals surface area contributed by atoms with E-state index in [9.17, 15) is 9.59 Å². The SMILES string of the molecule is CCOC(=O)C1=C(C)N=c2s/c(=C\c3ccc(Cl)cc3)c(=O)n2C1c1cccc(OC)c1OC. The van der Waals surface area contributed by atoms with Crippen molar-refractivity contribution in [2.24, 2.45) is 4.99 Å². The van der Waals surface area contributed by atoms with Gasteiger partial charge in [0.1, 0.15) is 6.04 Å². The van der Waals surface area contributed by atoms with E-state index in [4.69, 9.17) is 25.8 Å². The van der Waals surface area contributed by atoms with Gasteiger partial charge in [-0.3, -0.25) is 9.36 Å². The molecule has 2 heterocycles. The molecule has 9 heteroatoms. The first-order valence-electron chi connectivity index (χ1n) is 10.6. The van der Waals surface area contributed by atoms with Gasteiger partial charge in [-0.1, -0.05) is 47.2 Å². The minimum atomic E-state index is -0.798. The number of methoxy groups -OCH3 is 2. The van der Waals surface area contributed by atoms with E-state index in [1.807, 2.05) is 12.1 Å². The summed E-state index contributed by atoms with van der Waals surface area (Å²) < 4.78 is 18.5. The molecule has 1 aliphatic rings. The van der Waals surface area contributed by atoms with E-state index in [-0.39, 0.29) is 17.7 Å². The lowest BCUT2D eigenvalue weighted by Crippen LogP contribution is -2.40. The first-order valence-corrected chi connectivity index (χ1v) is 11.7. The fourth-order valence-electron chi connectivity index (χ4n) is 3.92. The molecule has 0 spiro atoms. The number of aromatic nitrogens is 1. The third-order valence-corrected chi connectivity index (χ3v) is 6.65. The summed E-state index contributed by atoms with van der Waals surface area (Å²) in [5.74, 6) is 0.380. The third kappa shape index (κ3) is 4.26. The smallest absolute Gasteiger partial charge is 0.338 e. The Morgan fingerprint density at radius 3 is 2.56 bits per heavy atom. The van der Waals surface area contributed by atoms with Crippen molar-refractivity contribution in [2.45, 2.75) is 19.9 Å². The zero-order valence-electron chi connectivity index (χ0n) is 19.1. The maximum absolute atomic E-state index is 13.7. The van der Waals surface area contributed by atoms with E-state index in [0.717, 1.165) is 5.56 Å². The molecule has 0 radical (unpaired) electrons. The monoisotopic (exact) mass is 498 g/mol. The summed E-state index contributed by atoms with van der Waals surface area (Å²) in [4.78, 5) is 31.8. The predicted molar refractivity (Wildman–Crippen MR) is 131 cm³/mol. The summed E-state index contributed by atoms with van der Waals surface area (Å²) in [6.45, 7) is 3.66. The molecule has 4 rings (SSSR count). The molecule has 1 aromatic heterocycles. The maximum Gasteiger partial charge on any atom is 0.338 e. The summed E-state index contributed by atoms with van der Waals surface area (Å²) in [6.07, 6.45) is 1.78. The fraction of sp³-hybridized carbons (Fsp3) is 0.240. The van der Waals surface area contributed by atoms with Crippen molar-refractivity contribution in [3.63, 3.8) is 0 Å². The van der Waals surface area contributed by atoms with E-state index < -0.39 is 12.0 Å². The summed E-state index contributed by atoms with van der Waals surface area (Å²) in [5, 5.41) is 0.610. The molecule has 0 saturated carbocycles. The molecule has 0 amide bonds. The number of nitrogens with zero attached hydrogens (tertiary/aromatic N) is 2. The van der Waals surface area contributed by atoms with Crippen LogP contribution >= 0.6 is 22.9 Å². The van der Waals surface area contributed by atoms with Crippen molar-refractivity contribution >= 4 is 35.0 Å². The number of halogens is 1. The van der Waals surface area contributed by atoms with E-state index in [1.54, 1.807) is 50.3 Å². The average molecular weight is 499 g/mol. The van der Waals surface area contributed by atoms with Gasteiger partial charge < -0.3 is 14.2 Å². The molecule has 34 heavy (non-hydrogen) atoms. The first-order chi connectivity index (χ1) is 16.4. The number of para-hydroxylation sites is 1. The van der Waals surface area contributed by atoms with Crippen molar-refractivity contribution < 1.29 is 19.0 Å². The Morgan fingerprint density at radius 2 is 1.91 bits per heavy atom. The van der Waals surface area contributed by atoms with Gasteiger partial charge in [0.15, 0.2) is 16.3 Å². The van der Waals surface area contributed by atoms with Gasteiger partial charge in [-0.2, -0.15) is 0 Å². The van der Waals surface area contributed by atoms with Crippen LogP contribution in [0.4, 0.5) is 0 Å². The number of fused-ring (bicyclic) bond motifs is 1. The Bertz CT molecular complexity index is 1450. The fourth-order valence-corrected chi connectivity index (χ4v) is 5.10. The second-order valence-electron chi connectivity index (χ2n) is 7.44. The van der Waals surface area contributed by atoms with Gasteiger partial charge in [0.2, 0.25) is 0 Å². The number of allylic oxidation sites excluding steroid dienone is 1. The standard InChI is InChI=1S/C25H23ClN2O5S/c1-5-33-24(30)20-14(2)27-25-28(21(20)17-7-6-8-18(31-3)22(17)32-4)23(29)19(34-25)13-15-9-11-16(26)12-10-15/h6-13,21H,5H2,1-4H3/b19-13-. The Morgan fingerprint density at radius 1 is 1.18 bits per heavy atom. The van der Waals surface area contributed by atoms with E-state index >= 15 is 0 Å². The highest BCUT2D eigenvalue weighted by Crippen LogP contribution is 2.40. The zero-order chi connectivity index (χ0) is 24.4. The Balaban J connectivity index is 2.01. The molecule has 0 N–H and O–H groups in total. The van der Waals surface area contributed by atoms with E-state index in [0.29, 0.717) is 37.1 Å². The van der Waals surface area contributed by atoms with Crippen LogP contribution < -0.4 is 24.4 Å². The van der Waals surface area contributed by atoms with Gasteiger partial charge in [-0.15, -0.1) is 0 Å². The lowest BCUT2D eigenvalue weighted by molar-refractivity contribution is -0.139. The van der Waals surface area contributed by atoms with Gasteiger partial charge in [0, 0.05) is 10.6 Å². The quantitative estimate of drug-likeness (QED) is 0.486. The number of carbonyl (C=O) groups is 1. The third-order valence-electron chi connectivity index (χ3n) is 5.41. The molecular formula is C25H23ClN2O5S. The first kappa shape index (κ1) is 23.8. The number of thiazole rings is 1. The summed E-state index contributed by atoms with van der Waals surface area (Å²) in [6, 6.07) is 11.7. The molecule has 1 atom stereocenters. The second kappa shape index (κ2) is 9.87. The molecule has 0 aliphatic carbocycles. The molecule has 7 nitrogen and oxygen atoms in total. The number of esters is 1. The number of hydrogen-bond acceptors (Lipinski definition) is 7. The lowest BCUT2D eigenvalue weighted by Gasteiger charge is -2.26.